The molecule has 0 saturated carbocycles. The van der Waals surface area contributed by atoms with Crippen molar-refractivity contribution in [2.24, 2.45) is 5.92 Å². The van der Waals surface area contributed by atoms with Crippen LogP contribution >= 0.6 is 0 Å². The molecular formula is C18H28N2O. The van der Waals surface area contributed by atoms with Gasteiger partial charge in [-0.25, -0.2) is 0 Å². The Hall–Kier alpha value is -1.35. The monoisotopic (exact) mass is 288 g/mol. The van der Waals surface area contributed by atoms with E-state index in [-0.39, 0.29) is 18.0 Å². The molecule has 1 amide bonds. The summed E-state index contributed by atoms with van der Waals surface area (Å²) in [7, 11) is 0. The molecule has 0 aliphatic heterocycles. The van der Waals surface area contributed by atoms with E-state index in [1.807, 2.05) is 6.92 Å². The van der Waals surface area contributed by atoms with Gasteiger partial charge in [0.1, 0.15) is 0 Å². The minimum Gasteiger partial charge on any atom is -0.354 e. The van der Waals surface area contributed by atoms with Crippen LogP contribution in [0.2, 0.25) is 0 Å². The Bertz CT molecular complexity index is 484. The molecule has 0 bridgehead atoms. The first-order valence-electron chi connectivity index (χ1n) is 8.11. The van der Waals surface area contributed by atoms with E-state index in [9.17, 15) is 4.79 Å². The molecule has 3 unspecified atom stereocenters. The molecular weight excluding hydrogens is 260 g/mol. The van der Waals surface area contributed by atoms with Gasteiger partial charge in [0.2, 0.25) is 5.91 Å². The summed E-state index contributed by atoms with van der Waals surface area (Å²) in [5, 5.41) is 6.51. The number of carbonyl (C=O) groups excluding carboxylic acids is 1. The maximum atomic E-state index is 12.1. The highest BCUT2D eigenvalue weighted by Gasteiger charge is 2.26. The molecule has 2 N–H and O–H groups in total. The third kappa shape index (κ3) is 4.07. The largest absolute Gasteiger partial charge is 0.354 e. The summed E-state index contributed by atoms with van der Waals surface area (Å²) in [6.45, 7) is 9.20. The molecule has 3 heteroatoms. The van der Waals surface area contributed by atoms with Gasteiger partial charge < -0.3 is 5.32 Å². The molecule has 1 aromatic carbocycles. The average molecular weight is 288 g/mol. The van der Waals surface area contributed by atoms with E-state index in [2.05, 4.69) is 55.7 Å². The van der Waals surface area contributed by atoms with Gasteiger partial charge in [-0.15, -0.1) is 0 Å². The fourth-order valence-corrected chi connectivity index (χ4v) is 3.01. The van der Waals surface area contributed by atoms with E-state index in [0.717, 1.165) is 13.0 Å². The summed E-state index contributed by atoms with van der Waals surface area (Å²) in [5.41, 5.74) is 2.79. The van der Waals surface area contributed by atoms with Crippen LogP contribution in [-0.4, -0.2) is 18.5 Å². The Balaban J connectivity index is 2.00. The SMILES string of the molecule is CC(C)CNC(=O)C(C)NC1CCC(C)c2ccccc21. The average Bonchev–Trinajstić information content (AvgIpc) is 2.47. The van der Waals surface area contributed by atoms with Gasteiger partial charge in [0.05, 0.1) is 6.04 Å². The number of hydrogen-bond donors (Lipinski definition) is 2. The van der Waals surface area contributed by atoms with Crippen molar-refractivity contribution in [3.8, 4) is 0 Å². The number of amides is 1. The Kier molecular flexibility index (Phi) is 5.40. The summed E-state index contributed by atoms with van der Waals surface area (Å²) in [5.74, 6) is 1.20. The minimum atomic E-state index is -0.157. The molecule has 116 valence electrons. The van der Waals surface area contributed by atoms with Gasteiger partial charge in [0.15, 0.2) is 0 Å². The predicted molar refractivity (Wildman–Crippen MR) is 87.3 cm³/mol. The molecule has 0 saturated heterocycles. The summed E-state index contributed by atoms with van der Waals surface area (Å²) < 4.78 is 0. The Morgan fingerprint density at radius 2 is 1.86 bits per heavy atom. The van der Waals surface area contributed by atoms with E-state index in [1.165, 1.54) is 17.5 Å². The first-order valence-corrected chi connectivity index (χ1v) is 8.11. The van der Waals surface area contributed by atoms with Crippen molar-refractivity contribution in [3.63, 3.8) is 0 Å². The standard InChI is InChI=1S/C18H28N2O/c1-12(2)11-19-18(21)14(4)20-17-10-9-13(3)15-7-5-6-8-16(15)17/h5-8,12-14,17,20H,9-11H2,1-4H3,(H,19,21). The number of benzene rings is 1. The minimum absolute atomic E-state index is 0.0970. The number of hydrogen-bond acceptors (Lipinski definition) is 2. The van der Waals surface area contributed by atoms with Crippen LogP contribution in [0.15, 0.2) is 24.3 Å². The lowest BCUT2D eigenvalue weighted by atomic mass is 9.81. The van der Waals surface area contributed by atoms with Gasteiger partial charge in [-0.1, -0.05) is 45.0 Å². The van der Waals surface area contributed by atoms with Crippen molar-refractivity contribution in [1.29, 1.82) is 0 Å². The highest BCUT2D eigenvalue weighted by Crippen LogP contribution is 2.37. The second kappa shape index (κ2) is 7.08. The lowest BCUT2D eigenvalue weighted by Gasteiger charge is -2.32. The second-order valence-corrected chi connectivity index (χ2v) is 6.69. The number of nitrogens with one attached hydrogen (secondary N) is 2. The van der Waals surface area contributed by atoms with Crippen LogP contribution in [0.5, 0.6) is 0 Å². The van der Waals surface area contributed by atoms with Crippen molar-refractivity contribution >= 4 is 5.91 Å². The second-order valence-electron chi connectivity index (χ2n) is 6.69. The molecule has 0 aromatic heterocycles. The molecule has 0 heterocycles. The van der Waals surface area contributed by atoms with E-state index < -0.39 is 0 Å². The molecule has 1 aliphatic carbocycles. The maximum Gasteiger partial charge on any atom is 0.236 e. The summed E-state index contributed by atoms with van der Waals surface area (Å²) >= 11 is 0. The van der Waals surface area contributed by atoms with E-state index in [0.29, 0.717) is 11.8 Å². The smallest absolute Gasteiger partial charge is 0.236 e. The first kappa shape index (κ1) is 16.0. The predicted octanol–water partition coefficient (Wildman–Crippen LogP) is 3.38. The Morgan fingerprint density at radius 3 is 2.52 bits per heavy atom. The molecule has 0 radical (unpaired) electrons. The molecule has 3 atom stereocenters. The van der Waals surface area contributed by atoms with Gasteiger partial charge in [-0.05, 0) is 42.7 Å². The molecule has 21 heavy (non-hydrogen) atoms. The van der Waals surface area contributed by atoms with E-state index >= 15 is 0 Å². The quantitative estimate of drug-likeness (QED) is 0.872. The Morgan fingerprint density at radius 1 is 1.19 bits per heavy atom. The fraction of sp³-hybridized carbons (Fsp3) is 0.611. The lowest BCUT2D eigenvalue weighted by molar-refractivity contribution is -0.123. The van der Waals surface area contributed by atoms with Crippen molar-refractivity contribution in [3.05, 3.63) is 35.4 Å². The van der Waals surface area contributed by atoms with Crippen LogP contribution in [0.1, 0.15) is 63.6 Å². The van der Waals surface area contributed by atoms with Crippen LogP contribution < -0.4 is 10.6 Å². The Labute approximate surface area is 128 Å². The molecule has 1 aromatic rings. The van der Waals surface area contributed by atoms with Crippen molar-refractivity contribution in [2.45, 2.75) is 58.5 Å². The van der Waals surface area contributed by atoms with Crippen LogP contribution in [-0.2, 0) is 4.79 Å². The van der Waals surface area contributed by atoms with E-state index in [4.69, 9.17) is 0 Å². The zero-order chi connectivity index (χ0) is 15.4. The molecule has 3 nitrogen and oxygen atoms in total. The summed E-state index contributed by atoms with van der Waals surface area (Å²) in [6, 6.07) is 8.75. The first-order chi connectivity index (χ1) is 9.99. The zero-order valence-corrected chi connectivity index (χ0v) is 13.6. The van der Waals surface area contributed by atoms with Crippen molar-refractivity contribution in [1.82, 2.24) is 10.6 Å². The fourth-order valence-electron chi connectivity index (χ4n) is 3.01. The summed E-state index contributed by atoms with van der Waals surface area (Å²) in [6.07, 6.45) is 2.27. The van der Waals surface area contributed by atoms with Crippen LogP contribution in [0.3, 0.4) is 0 Å². The third-order valence-corrected chi connectivity index (χ3v) is 4.32. The number of carbonyl (C=O) groups is 1. The topological polar surface area (TPSA) is 41.1 Å². The van der Waals surface area contributed by atoms with Crippen molar-refractivity contribution in [2.75, 3.05) is 6.54 Å². The van der Waals surface area contributed by atoms with Gasteiger partial charge in [-0.3, -0.25) is 10.1 Å². The third-order valence-electron chi connectivity index (χ3n) is 4.32. The lowest BCUT2D eigenvalue weighted by Crippen LogP contribution is -2.45. The van der Waals surface area contributed by atoms with Crippen molar-refractivity contribution < 1.29 is 4.79 Å². The molecule has 0 spiro atoms. The molecule has 2 rings (SSSR count). The molecule has 1 aliphatic rings. The van der Waals surface area contributed by atoms with E-state index in [1.54, 1.807) is 0 Å². The van der Waals surface area contributed by atoms with Gasteiger partial charge in [-0.2, -0.15) is 0 Å². The highest BCUT2D eigenvalue weighted by atomic mass is 16.2. The van der Waals surface area contributed by atoms with Gasteiger partial charge in [0, 0.05) is 12.6 Å². The van der Waals surface area contributed by atoms with Crippen LogP contribution in [0, 0.1) is 5.92 Å². The number of fused-ring (bicyclic) bond motifs is 1. The van der Waals surface area contributed by atoms with Crippen LogP contribution in [0.4, 0.5) is 0 Å². The highest BCUT2D eigenvalue weighted by molar-refractivity contribution is 5.81. The maximum absolute atomic E-state index is 12.1. The van der Waals surface area contributed by atoms with Crippen LogP contribution in [0.25, 0.3) is 0 Å². The summed E-state index contributed by atoms with van der Waals surface area (Å²) in [4.78, 5) is 12.1. The van der Waals surface area contributed by atoms with Gasteiger partial charge in [0.25, 0.3) is 0 Å². The zero-order valence-electron chi connectivity index (χ0n) is 13.6. The number of rotatable bonds is 5. The normalized spacial score (nSPS) is 22.7. The van der Waals surface area contributed by atoms with Gasteiger partial charge >= 0.3 is 0 Å². The molecule has 0 fully saturated rings.